The summed E-state index contributed by atoms with van der Waals surface area (Å²) in [5.41, 5.74) is -6.24. The fourth-order valence-corrected chi connectivity index (χ4v) is 7.50. The molecule has 0 bridgehead atoms. The standard InChI is InChI=1S/C22H28F2O5/c1-11-7-13-14-9-16(23)15-8-12(25)5-6-19(15,2)21(14,24)17(26)10-20(13,3)22(11,29-4)18(27)28/h5-6,8,11,13-14,16-17,26H,7,9-10H2,1-4H3,(H,27,28)/t11-,13?,14+,16+,17+,19+,20+,21+,22+/m1/s1. The molecule has 0 aromatic rings. The number of carbonyl (C=O) groups is 2. The van der Waals surface area contributed by atoms with Gasteiger partial charge in [0.25, 0.3) is 0 Å². The topological polar surface area (TPSA) is 83.8 Å². The lowest BCUT2D eigenvalue weighted by Crippen LogP contribution is -2.70. The number of rotatable bonds is 2. The number of methoxy groups -OCH3 is 1. The van der Waals surface area contributed by atoms with E-state index >= 15 is 8.78 Å². The number of hydrogen-bond acceptors (Lipinski definition) is 4. The maximum atomic E-state index is 16.9. The summed E-state index contributed by atoms with van der Waals surface area (Å²) in [7, 11) is 1.33. The average Bonchev–Trinajstić information content (AvgIpc) is 2.86. The molecule has 29 heavy (non-hydrogen) atoms. The number of carboxylic acids is 1. The third kappa shape index (κ3) is 2.11. The summed E-state index contributed by atoms with van der Waals surface area (Å²) >= 11 is 0. The van der Waals surface area contributed by atoms with Gasteiger partial charge >= 0.3 is 5.97 Å². The van der Waals surface area contributed by atoms with Crippen molar-refractivity contribution in [2.45, 2.75) is 63.6 Å². The number of alkyl halides is 2. The molecule has 1 unspecified atom stereocenters. The van der Waals surface area contributed by atoms with Crippen molar-refractivity contribution >= 4 is 11.8 Å². The van der Waals surface area contributed by atoms with Crippen molar-refractivity contribution in [3.63, 3.8) is 0 Å². The monoisotopic (exact) mass is 410 g/mol. The highest BCUT2D eigenvalue weighted by molar-refractivity contribution is 6.01. The van der Waals surface area contributed by atoms with Crippen molar-refractivity contribution in [1.82, 2.24) is 0 Å². The predicted molar refractivity (Wildman–Crippen MR) is 101 cm³/mol. The van der Waals surface area contributed by atoms with Gasteiger partial charge < -0.3 is 14.9 Å². The maximum Gasteiger partial charge on any atom is 0.336 e. The number of aliphatic carboxylic acids is 1. The Morgan fingerprint density at radius 1 is 1.28 bits per heavy atom. The Morgan fingerprint density at radius 2 is 1.93 bits per heavy atom. The zero-order chi connectivity index (χ0) is 21.6. The fourth-order valence-electron chi connectivity index (χ4n) is 7.50. The third-order valence-corrected chi connectivity index (χ3v) is 8.81. The highest BCUT2D eigenvalue weighted by Crippen LogP contribution is 2.71. The van der Waals surface area contributed by atoms with Gasteiger partial charge in [-0.3, -0.25) is 4.79 Å². The van der Waals surface area contributed by atoms with Crippen LogP contribution in [0.5, 0.6) is 0 Å². The molecule has 3 fully saturated rings. The van der Waals surface area contributed by atoms with Crippen LogP contribution in [0, 0.1) is 28.6 Å². The second-order valence-electron chi connectivity index (χ2n) is 9.74. The van der Waals surface area contributed by atoms with Gasteiger partial charge in [-0.25, -0.2) is 13.6 Å². The fraction of sp³-hybridized carbons (Fsp3) is 0.727. The Hall–Kier alpha value is -1.60. The van der Waals surface area contributed by atoms with Crippen molar-refractivity contribution in [1.29, 1.82) is 0 Å². The van der Waals surface area contributed by atoms with Crippen LogP contribution >= 0.6 is 0 Å². The van der Waals surface area contributed by atoms with E-state index in [0.717, 1.165) is 6.08 Å². The van der Waals surface area contributed by atoms with Crippen LogP contribution in [-0.4, -0.2) is 52.6 Å². The smallest absolute Gasteiger partial charge is 0.336 e. The average molecular weight is 410 g/mol. The number of aliphatic hydroxyl groups excluding tert-OH is 1. The first-order valence-electron chi connectivity index (χ1n) is 10.1. The van der Waals surface area contributed by atoms with Crippen molar-refractivity contribution < 1.29 is 33.3 Å². The molecule has 0 aromatic carbocycles. The molecule has 4 aliphatic carbocycles. The van der Waals surface area contributed by atoms with Gasteiger partial charge in [-0.1, -0.05) is 19.9 Å². The summed E-state index contributed by atoms with van der Waals surface area (Å²) in [5, 5.41) is 21.2. The van der Waals surface area contributed by atoms with Crippen LogP contribution in [0.3, 0.4) is 0 Å². The van der Waals surface area contributed by atoms with Crippen LogP contribution in [0.25, 0.3) is 0 Å². The number of carbonyl (C=O) groups excluding carboxylic acids is 1. The van der Waals surface area contributed by atoms with Gasteiger partial charge in [-0.15, -0.1) is 0 Å². The lowest BCUT2D eigenvalue weighted by Gasteiger charge is -2.63. The second-order valence-corrected chi connectivity index (χ2v) is 9.74. The van der Waals surface area contributed by atoms with E-state index in [4.69, 9.17) is 4.74 Å². The van der Waals surface area contributed by atoms with Gasteiger partial charge in [0, 0.05) is 23.9 Å². The van der Waals surface area contributed by atoms with Crippen molar-refractivity contribution in [3.8, 4) is 0 Å². The van der Waals surface area contributed by atoms with E-state index in [1.807, 2.05) is 0 Å². The highest BCUT2D eigenvalue weighted by atomic mass is 19.1. The molecule has 0 aromatic heterocycles. The first kappa shape index (κ1) is 20.7. The largest absolute Gasteiger partial charge is 0.479 e. The number of fused-ring (bicyclic) bond motifs is 5. The SMILES string of the molecule is CO[C@]1(C(=O)O)[C@H](C)CC2[C@@H]3C[C@H](F)C4=CC(=O)C=C[C@]4(C)[C@@]3(F)[C@@H](O)C[C@@]21C. The van der Waals surface area contributed by atoms with E-state index in [0.29, 0.717) is 6.42 Å². The minimum absolute atomic E-state index is 0.0636. The van der Waals surface area contributed by atoms with Gasteiger partial charge in [0.05, 0.1) is 6.10 Å². The Labute approximate surface area is 168 Å². The van der Waals surface area contributed by atoms with Crippen LogP contribution in [-0.2, 0) is 14.3 Å². The summed E-state index contributed by atoms with van der Waals surface area (Å²) in [6.45, 7) is 5.02. The van der Waals surface area contributed by atoms with Gasteiger partial charge in [0.1, 0.15) is 6.17 Å². The second kappa shape index (κ2) is 5.97. The molecular weight excluding hydrogens is 382 g/mol. The number of ether oxygens (including phenoxy) is 1. The van der Waals surface area contributed by atoms with Crippen molar-refractivity contribution in [2.75, 3.05) is 7.11 Å². The molecule has 7 heteroatoms. The Balaban J connectivity index is 1.89. The Morgan fingerprint density at radius 3 is 2.52 bits per heavy atom. The lowest BCUT2D eigenvalue weighted by atomic mass is 9.44. The molecule has 0 amide bonds. The number of hydrogen-bond donors (Lipinski definition) is 2. The Kier molecular flexibility index (Phi) is 4.26. The number of carboxylic acid groups (broad SMARTS) is 1. The van der Waals surface area contributed by atoms with Crippen LogP contribution in [0.1, 0.15) is 40.0 Å². The molecule has 0 heterocycles. The number of halogens is 2. The van der Waals surface area contributed by atoms with Crippen LogP contribution in [0.15, 0.2) is 23.8 Å². The van der Waals surface area contributed by atoms with Gasteiger partial charge in [-0.05, 0) is 55.7 Å². The summed E-state index contributed by atoms with van der Waals surface area (Å²) < 4.78 is 37.8. The quantitative estimate of drug-likeness (QED) is 0.731. The van der Waals surface area contributed by atoms with Crippen molar-refractivity contribution in [2.24, 2.45) is 28.6 Å². The first-order valence-corrected chi connectivity index (χ1v) is 10.1. The summed E-state index contributed by atoms with van der Waals surface area (Å²) in [5.74, 6) is -3.34. The molecule has 0 radical (unpaired) electrons. The summed E-state index contributed by atoms with van der Waals surface area (Å²) in [6.07, 6.45) is 0.768. The van der Waals surface area contributed by atoms with E-state index in [2.05, 4.69) is 0 Å². The summed E-state index contributed by atoms with van der Waals surface area (Å²) in [4.78, 5) is 24.2. The molecule has 2 N–H and O–H groups in total. The predicted octanol–water partition coefficient (Wildman–Crippen LogP) is 3.02. The number of ketones is 1. The third-order valence-electron chi connectivity index (χ3n) is 8.81. The van der Waals surface area contributed by atoms with E-state index in [9.17, 15) is 19.8 Å². The van der Waals surface area contributed by atoms with E-state index in [1.165, 1.54) is 26.2 Å². The highest BCUT2D eigenvalue weighted by Gasteiger charge is 2.77. The zero-order valence-electron chi connectivity index (χ0n) is 17.1. The maximum absolute atomic E-state index is 16.9. The number of allylic oxidation sites excluding steroid dienone is 4. The molecule has 5 nitrogen and oxygen atoms in total. The normalized spacial score (nSPS) is 53.7. The molecule has 4 rings (SSSR count). The molecule has 0 spiro atoms. The summed E-state index contributed by atoms with van der Waals surface area (Å²) in [6, 6.07) is 0. The van der Waals surface area contributed by atoms with Crippen molar-refractivity contribution in [3.05, 3.63) is 23.8 Å². The first-order chi connectivity index (χ1) is 13.4. The molecule has 4 aliphatic rings. The van der Waals surface area contributed by atoms with Crippen LogP contribution < -0.4 is 0 Å². The number of aliphatic hydroxyl groups is 1. The van der Waals surface area contributed by atoms with Gasteiger partial charge in [0.2, 0.25) is 0 Å². The lowest BCUT2D eigenvalue weighted by molar-refractivity contribution is -0.234. The minimum atomic E-state index is -2.20. The zero-order valence-corrected chi connectivity index (χ0v) is 17.1. The van der Waals surface area contributed by atoms with Gasteiger partial charge in [-0.2, -0.15) is 0 Å². The molecular formula is C22H28F2O5. The molecule has 9 atom stereocenters. The van der Waals surface area contributed by atoms with E-state index in [1.54, 1.807) is 13.8 Å². The van der Waals surface area contributed by atoms with E-state index < -0.39 is 63.9 Å². The Bertz CT molecular complexity index is 839. The molecule has 160 valence electrons. The molecule has 3 saturated carbocycles. The molecule has 0 aliphatic heterocycles. The minimum Gasteiger partial charge on any atom is -0.479 e. The molecule has 0 saturated heterocycles. The van der Waals surface area contributed by atoms with Crippen LogP contribution in [0.2, 0.25) is 0 Å². The van der Waals surface area contributed by atoms with Crippen LogP contribution in [0.4, 0.5) is 8.78 Å². The van der Waals surface area contributed by atoms with Gasteiger partial charge in [0.15, 0.2) is 17.1 Å². The van der Waals surface area contributed by atoms with E-state index in [-0.39, 0.29) is 18.4 Å².